The first-order valence-corrected chi connectivity index (χ1v) is 8.37. The second-order valence-electron chi connectivity index (χ2n) is 6.68. The van der Waals surface area contributed by atoms with Gasteiger partial charge in [-0.2, -0.15) is 12.6 Å². The van der Waals surface area contributed by atoms with Crippen molar-refractivity contribution in [2.45, 2.75) is 75.7 Å². The molecule has 0 bridgehead atoms. The number of hydrogen-bond donors (Lipinski definition) is 2. The minimum absolute atomic E-state index is 0.294. The summed E-state index contributed by atoms with van der Waals surface area (Å²) in [5.41, 5.74) is 0. The SMILES string of the molecule is CC(C)C(S)C(F)(F)[C@@H]1OC(=O)N[C@H]1CC1CCCCC1. The molecule has 1 amide bonds. The molecule has 1 saturated heterocycles. The van der Waals surface area contributed by atoms with Crippen molar-refractivity contribution in [1.29, 1.82) is 0 Å². The van der Waals surface area contributed by atoms with Gasteiger partial charge in [0, 0.05) is 0 Å². The average Bonchev–Trinajstić information content (AvgIpc) is 2.80. The van der Waals surface area contributed by atoms with Crippen LogP contribution in [0.25, 0.3) is 0 Å². The van der Waals surface area contributed by atoms with Gasteiger partial charge in [-0.15, -0.1) is 0 Å². The predicted molar refractivity (Wildman–Crippen MR) is 80.9 cm³/mol. The zero-order valence-corrected chi connectivity index (χ0v) is 13.5. The second kappa shape index (κ2) is 6.71. The van der Waals surface area contributed by atoms with Gasteiger partial charge in [0.2, 0.25) is 0 Å². The molecule has 122 valence electrons. The highest BCUT2D eigenvalue weighted by atomic mass is 32.1. The summed E-state index contributed by atoms with van der Waals surface area (Å²) in [5, 5.41) is 1.45. The lowest BCUT2D eigenvalue weighted by Crippen LogP contribution is -2.51. The largest absolute Gasteiger partial charge is 0.438 e. The topological polar surface area (TPSA) is 38.3 Å². The van der Waals surface area contributed by atoms with Crippen molar-refractivity contribution >= 4 is 18.7 Å². The summed E-state index contributed by atoms with van der Waals surface area (Å²) < 4.78 is 34.0. The van der Waals surface area contributed by atoms with E-state index in [2.05, 4.69) is 17.9 Å². The number of nitrogens with one attached hydrogen (secondary N) is 1. The maximum Gasteiger partial charge on any atom is 0.408 e. The van der Waals surface area contributed by atoms with Crippen LogP contribution in [-0.2, 0) is 4.74 Å². The van der Waals surface area contributed by atoms with Crippen LogP contribution >= 0.6 is 12.6 Å². The Bertz CT molecular complexity index is 373. The number of hydrogen-bond acceptors (Lipinski definition) is 3. The van der Waals surface area contributed by atoms with Crippen LogP contribution in [0.3, 0.4) is 0 Å². The van der Waals surface area contributed by atoms with Crippen molar-refractivity contribution in [2.24, 2.45) is 11.8 Å². The van der Waals surface area contributed by atoms with Gasteiger partial charge in [-0.1, -0.05) is 46.0 Å². The zero-order chi connectivity index (χ0) is 15.6. The Morgan fingerprint density at radius 3 is 2.52 bits per heavy atom. The molecule has 6 heteroatoms. The fourth-order valence-corrected chi connectivity index (χ4v) is 3.53. The predicted octanol–water partition coefficient (Wildman–Crippen LogP) is 4.02. The summed E-state index contributed by atoms with van der Waals surface area (Å²) in [4.78, 5) is 11.5. The van der Waals surface area contributed by atoms with E-state index in [1.807, 2.05) is 0 Å². The summed E-state index contributed by atoms with van der Waals surface area (Å²) in [5.74, 6) is -3.02. The van der Waals surface area contributed by atoms with Gasteiger partial charge in [0.25, 0.3) is 5.92 Å². The summed E-state index contributed by atoms with van der Waals surface area (Å²) in [7, 11) is 0. The van der Waals surface area contributed by atoms with Gasteiger partial charge in [0.05, 0.1) is 11.3 Å². The van der Waals surface area contributed by atoms with Gasteiger partial charge in [-0.25, -0.2) is 13.6 Å². The molecule has 0 aromatic heterocycles. The fourth-order valence-electron chi connectivity index (χ4n) is 3.38. The molecule has 1 saturated carbocycles. The number of alkyl carbamates (subject to hydrolysis) is 1. The van der Waals surface area contributed by atoms with E-state index < -0.39 is 29.4 Å². The summed E-state index contributed by atoms with van der Waals surface area (Å²) in [6, 6.07) is -0.607. The highest BCUT2D eigenvalue weighted by molar-refractivity contribution is 7.81. The average molecular weight is 321 g/mol. The smallest absolute Gasteiger partial charge is 0.408 e. The number of cyclic esters (lactones) is 1. The van der Waals surface area contributed by atoms with E-state index in [1.165, 1.54) is 6.42 Å². The summed E-state index contributed by atoms with van der Waals surface area (Å²) in [6.07, 6.45) is 4.06. The van der Waals surface area contributed by atoms with Crippen molar-refractivity contribution in [1.82, 2.24) is 5.32 Å². The third-order valence-electron chi connectivity index (χ3n) is 4.62. The number of carbonyl (C=O) groups excluding carboxylic acids is 1. The molecule has 1 aliphatic carbocycles. The lowest BCUT2D eigenvalue weighted by atomic mass is 9.82. The normalized spacial score (nSPS) is 29.3. The quantitative estimate of drug-likeness (QED) is 0.751. The van der Waals surface area contributed by atoms with Crippen LogP contribution < -0.4 is 5.32 Å². The molecule has 21 heavy (non-hydrogen) atoms. The first kappa shape index (κ1) is 16.8. The standard InChI is InChI=1S/C15H25F2NO2S/c1-9(2)13(21)15(16,17)12-11(18-14(19)20-12)8-10-6-4-3-5-7-10/h9-13,21H,3-8H2,1-2H3,(H,18,19)/t11-,12+,13?/m0/s1. The molecular formula is C15H25F2NO2S. The van der Waals surface area contributed by atoms with Crippen molar-refractivity contribution < 1.29 is 18.3 Å². The molecule has 1 heterocycles. The van der Waals surface area contributed by atoms with Crippen molar-refractivity contribution in [3.63, 3.8) is 0 Å². The lowest BCUT2D eigenvalue weighted by Gasteiger charge is -2.33. The molecule has 3 atom stereocenters. The first-order valence-electron chi connectivity index (χ1n) is 7.85. The Labute approximate surface area is 130 Å². The Morgan fingerprint density at radius 2 is 1.95 bits per heavy atom. The van der Waals surface area contributed by atoms with E-state index in [0.717, 1.165) is 25.7 Å². The Balaban J connectivity index is 2.06. The first-order chi connectivity index (χ1) is 9.82. The van der Waals surface area contributed by atoms with Gasteiger partial charge < -0.3 is 10.1 Å². The number of amides is 1. The van der Waals surface area contributed by atoms with E-state index >= 15 is 0 Å². The number of halogens is 2. The van der Waals surface area contributed by atoms with Crippen molar-refractivity contribution in [2.75, 3.05) is 0 Å². The minimum Gasteiger partial charge on any atom is -0.438 e. The Morgan fingerprint density at radius 1 is 1.33 bits per heavy atom. The maximum absolute atomic E-state index is 14.6. The van der Waals surface area contributed by atoms with E-state index in [4.69, 9.17) is 4.74 Å². The molecule has 2 rings (SSSR count). The van der Waals surface area contributed by atoms with Crippen molar-refractivity contribution in [3.8, 4) is 0 Å². The van der Waals surface area contributed by atoms with Gasteiger partial charge in [-0.3, -0.25) is 0 Å². The van der Waals surface area contributed by atoms with Crippen LogP contribution in [0.2, 0.25) is 0 Å². The molecule has 1 N–H and O–H groups in total. The molecule has 1 aliphatic heterocycles. The van der Waals surface area contributed by atoms with Crippen molar-refractivity contribution in [3.05, 3.63) is 0 Å². The Hall–Kier alpha value is -0.520. The minimum atomic E-state index is -3.13. The third-order valence-corrected chi connectivity index (χ3v) is 5.56. The number of carbonyl (C=O) groups is 1. The van der Waals surface area contributed by atoms with E-state index in [0.29, 0.717) is 12.3 Å². The van der Waals surface area contributed by atoms with Gasteiger partial charge in [0.1, 0.15) is 0 Å². The molecule has 0 aromatic carbocycles. The van der Waals surface area contributed by atoms with E-state index in [1.54, 1.807) is 13.8 Å². The van der Waals surface area contributed by atoms with Crippen LogP contribution in [0, 0.1) is 11.8 Å². The lowest BCUT2D eigenvalue weighted by molar-refractivity contribution is -0.112. The maximum atomic E-state index is 14.6. The fraction of sp³-hybridized carbons (Fsp3) is 0.933. The van der Waals surface area contributed by atoms with E-state index in [9.17, 15) is 13.6 Å². The van der Waals surface area contributed by atoms with Crippen LogP contribution in [-0.4, -0.2) is 29.4 Å². The second-order valence-corrected chi connectivity index (χ2v) is 7.24. The van der Waals surface area contributed by atoms with Crippen LogP contribution in [0.15, 0.2) is 0 Å². The Kier molecular flexibility index (Phi) is 5.38. The van der Waals surface area contributed by atoms with Crippen LogP contribution in [0.4, 0.5) is 13.6 Å². The molecule has 0 spiro atoms. The summed E-state index contributed by atoms with van der Waals surface area (Å²) >= 11 is 4.05. The van der Waals surface area contributed by atoms with Crippen LogP contribution in [0.5, 0.6) is 0 Å². The van der Waals surface area contributed by atoms with Gasteiger partial charge in [-0.05, 0) is 18.3 Å². The third kappa shape index (κ3) is 3.82. The van der Waals surface area contributed by atoms with Crippen LogP contribution in [0.1, 0.15) is 52.4 Å². The monoisotopic (exact) mass is 321 g/mol. The molecule has 0 radical (unpaired) electrons. The van der Waals surface area contributed by atoms with Gasteiger partial charge in [0.15, 0.2) is 6.10 Å². The highest BCUT2D eigenvalue weighted by Crippen LogP contribution is 2.39. The highest BCUT2D eigenvalue weighted by Gasteiger charge is 2.55. The molecule has 1 unspecified atom stereocenters. The molecule has 2 aliphatic rings. The zero-order valence-electron chi connectivity index (χ0n) is 12.6. The number of ether oxygens (including phenoxy) is 1. The number of alkyl halides is 2. The number of thiol groups is 1. The van der Waals surface area contributed by atoms with E-state index in [-0.39, 0.29) is 5.92 Å². The molecular weight excluding hydrogens is 296 g/mol. The summed E-state index contributed by atoms with van der Waals surface area (Å²) in [6.45, 7) is 3.40. The molecule has 2 fully saturated rings. The molecule has 0 aromatic rings. The molecule has 3 nitrogen and oxygen atoms in total. The number of rotatable bonds is 5. The van der Waals surface area contributed by atoms with Gasteiger partial charge >= 0.3 is 6.09 Å².